The van der Waals surface area contributed by atoms with E-state index in [9.17, 15) is 4.79 Å². The first-order valence-corrected chi connectivity index (χ1v) is 12.2. The summed E-state index contributed by atoms with van der Waals surface area (Å²) in [6.45, 7) is 7.30. The fraction of sp³-hybridized carbons (Fsp3) is 0.267. The molecular formula is C30H30N2O4. The lowest BCUT2D eigenvalue weighted by atomic mass is 9.73. The van der Waals surface area contributed by atoms with Crippen LogP contribution in [0, 0.1) is 5.41 Å². The van der Waals surface area contributed by atoms with Crippen molar-refractivity contribution in [1.82, 2.24) is 0 Å². The number of nitrogens with zero attached hydrogens (tertiary/aromatic N) is 2. The number of allylic oxidation sites excluding steroid dienone is 6. The van der Waals surface area contributed by atoms with Crippen LogP contribution in [0.1, 0.15) is 39.2 Å². The van der Waals surface area contributed by atoms with Crippen LogP contribution in [0.2, 0.25) is 0 Å². The first kappa shape index (κ1) is 23.7. The van der Waals surface area contributed by atoms with E-state index in [1.165, 1.54) is 0 Å². The lowest BCUT2D eigenvalue weighted by Crippen LogP contribution is -2.20. The Labute approximate surface area is 211 Å². The third-order valence-electron chi connectivity index (χ3n) is 6.54. The van der Waals surface area contributed by atoms with Crippen LogP contribution in [0.3, 0.4) is 0 Å². The normalized spacial score (nSPS) is 21.8. The molecule has 0 spiro atoms. The summed E-state index contributed by atoms with van der Waals surface area (Å²) >= 11 is 0. The molecule has 0 bridgehead atoms. The zero-order valence-corrected chi connectivity index (χ0v) is 21.1. The number of anilines is 1. The highest BCUT2D eigenvalue weighted by Crippen LogP contribution is 2.42. The molecule has 5 rings (SSSR count). The van der Waals surface area contributed by atoms with Crippen LogP contribution in [0.15, 0.2) is 101 Å². The van der Waals surface area contributed by atoms with E-state index in [1.54, 1.807) is 7.11 Å². The van der Waals surface area contributed by atoms with E-state index in [1.807, 2.05) is 60.7 Å². The molecule has 0 fully saturated rings. The average Bonchev–Trinajstić information content (AvgIpc) is 3.42. The number of ether oxygens (including phenoxy) is 2. The van der Waals surface area contributed by atoms with Crippen molar-refractivity contribution in [1.29, 1.82) is 0 Å². The molecule has 2 heterocycles. The van der Waals surface area contributed by atoms with Crippen molar-refractivity contribution in [2.75, 3.05) is 18.6 Å². The largest absolute Gasteiger partial charge is 0.497 e. The number of benzene rings is 2. The summed E-state index contributed by atoms with van der Waals surface area (Å²) in [5, 5.41) is 4.10. The molecule has 3 aliphatic rings. The number of carbonyl (C=O) groups excluding carboxylic acids is 1. The van der Waals surface area contributed by atoms with Crippen LogP contribution in [0.4, 0.5) is 5.69 Å². The van der Waals surface area contributed by atoms with E-state index in [-0.39, 0.29) is 5.41 Å². The second-order valence-electron chi connectivity index (χ2n) is 9.87. The lowest BCUT2D eigenvalue weighted by molar-refractivity contribution is -0.136. The molecule has 6 heteroatoms. The SMILES string of the molecule is CCN1/C(=C/C=C/C2=CC(=C3\C(=O)ON=C3c3ccccc3)/CC(C)(C)C2)Oc2ccc(OC)cc21. The molecule has 0 aromatic heterocycles. The zero-order chi connectivity index (χ0) is 25.3. The molecule has 0 N–H and O–H groups in total. The van der Waals surface area contributed by atoms with Gasteiger partial charge >= 0.3 is 5.97 Å². The van der Waals surface area contributed by atoms with Gasteiger partial charge in [0.25, 0.3) is 0 Å². The highest BCUT2D eigenvalue weighted by atomic mass is 16.7. The first-order chi connectivity index (χ1) is 17.4. The van der Waals surface area contributed by atoms with Gasteiger partial charge < -0.3 is 19.2 Å². The number of hydrogen-bond acceptors (Lipinski definition) is 6. The Morgan fingerprint density at radius 2 is 1.94 bits per heavy atom. The van der Waals surface area contributed by atoms with Crippen molar-refractivity contribution in [3.05, 3.63) is 101 Å². The van der Waals surface area contributed by atoms with Gasteiger partial charge in [-0.25, -0.2) is 4.79 Å². The van der Waals surface area contributed by atoms with Crippen LogP contribution in [0.25, 0.3) is 0 Å². The topological polar surface area (TPSA) is 60.4 Å². The third-order valence-corrected chi connectivity index (χ3v) is 6.54. The first-order valence-electron chi connectivity index (χ1n) is 12.2. The molecule has 2 aromatic carbocycles. The Bertz CT molecular complexity index is 1350. The lowest BCUT2D eigenvalue weighted by Gasteiger charge is -2.31. The highest BCUT2D eigenvalue weighted by molar-refractivity contribution is 6.29. The predicted octanol–water partition coefficient (Wildman–Crippen LogP) is 6.32. The minimum Gasteiger partial charge on any atom is -0.497 e. The van der Waals surface area contributed by atoms with E-state index in [0.29, 0.717) is 11.3 Å². The maximum atomic E-state index is 12.7. The van der Waals surface area contributed by atoms with Crippen LogP contribution in [-0.2, 0) is 9.63 Å². The molecule has 1 aliphatic carbocycles. The summed E-state index contributed by atoms with van der Waals surface area (Å²) < 4.78 is 11.5. The molecule has 6 nitrogen and oxygen atoms in total. The standard InChI is InChI=1S/C30H30N2O4/c1-5-32-24-17-23(34-4)14-15-25(24)35-26(32)13-9-10-20-16-22(19-30(2,3)18-20)27-28(31-36-29(27)33)21-11-7-6-8-12-21/h6-17H,5,18-19H2,1-4H3/b10-9+,26-13-,27-22+. The number of fused-ring (bicyclic) bond motifs is 1. The second kappa shape index (κ2) is 9.53. The van der Waals surface area contributed by atoms with Crippen molar-refractivity contribution in [2.45, 2.75) is 33.6 Å². The Morgan fingerprint density at radius 3 is 2.69 bits per heavy atom. The molecule has 36 heavy (non-hydrogen) atoms. The number of carbonyl (C=O) groups is 1. The zero-order valence-electron chi connectivity index (χ0n) is 21.1. The smallest absolute Gasteiger partial charge is 0.368 e. The summed E-state index contributed by atoms with van der Waals surface area (Å²) in [5.41, 5.74) is 5.10. The summed E-state index contributed by atoms with van der Waals surface area (Å²) in [7, 11) is 1.66. The van der Waals surface area contributed by atoms with E-state index < -0.39 is 5.97 Å². The van der Waals surface area contributed by atoms with Gasteiger partial charge in [0.05, 0.1) is 18.4 Å². The average molecular weight is 483 g/mol. The van der Waals surface area contributed by atoms with Gasteiger partial charge in [-0.15, -0.1) is 0 Å². The quantitative estimate of drug-likeness (QED) is 0.369. The van der Waals surface area contributed by atoms with Gasteiger partial charge in [-0.3, -0.25) is 0 Å². The van der Waals surface area contributed by atoms with Gasteiger partial charge in [0, 0.05) is 18.2 Å². The van der Waals surface area contributed by atoms with Crippen LogP contribution in [-0.4, -0.2) is 25.3 Å². The molecule has 0 amide bonds. The minimum absolute atomic E-state index is 0.0132. The Hall–Kier alpha value is -4.06. The predicted molar refractivity (Wildman–Crippen MR) is 141 cm³/mol. The molecule has 0 atom stereocenters. The molecule has 0 unspecified atom stereocenters. The number of hydrogen-bond donors (Lipinski definition) is 0. The fourth-order valence-corrected chi connectivity index (χ4v) is 4.99. The minimum atomic E-state index is -0.394. The molecule has 0 saturated heterocycles. The molecule has 2 aliphatic heterocycles. The van der Waals surface area contributed by atoms with Gasteiger partial charge in [0.15, 0.2) is 5.75 Å². The van der Waals surface area contributed by atoms with Gasteiger partial charge in [0.1, 0.15) is 11.5 Å². The second-order valence-corrected chi connectivity index (χ2v) is 9.87. The summed E-state index contributed by atoms with van der Waals surface area (Å²) in [6, 6.07) is 15.5. The van der Waals surface area contributed by atoms with Crippen molar-refractivity contribution in [3.63, 3.8) is 0 Å². The van der Waals surface area contributed by atoms with Gasteiger partial charge in [-0.1, -0.05) is 67.6 Å². The van der Waals surface area contributed by atoms with Crippen LogP contribution >= 0.6 is 0 Å². The van der Waals surface area contributed by atoms with Crippen LogP contribution in [0.5, 0.6) is 11.5 Å². The van der Waals surface area contributed by atoms with E-state index in [2.05, 4.69) is 43.0 Å². The Balaban J connectivity index is 1.45. The summed E-state index contributed by atoms with van der Waals surface area (Å²) in [5.74, 6) is 1.99. The Kier molecular flexibility index (Phi) is 6.27. The monoisotopic (exact) mass is 482 g/mol. The molecule has 184 valence electrons. The van der Waals surface area contributed by atoms with Crippen LogP contribution < -0.4 is 14.4 Å². The van der Waals surface area contributed by atoms with Crippen molar-refractivity contribution >= 4 is 17.4 Å². The molecule has 0 saturated carbocycles. The van der Waals surface area contributed by atoms with Crippen molar-refractivity contribution < 1.29 is 19.1 Å². The number of oxime groups is 1. The molecule has 0 radical (unpaired) electrons. The van der Waals surface area contributed by atoms with E-state index in [4.69, 9.17) is 14.3 Å². The van der Waals surface area contributed by atoms with Gasteiger partial charge in [-0.2, -0.15) is 0 Å². The maximum Gasteiger partial charge on any atom is 0.368 e. The van der Waals surface area contributed by atoms with Crippen molar-refractivity contribution in [3.8, 4) is 11.5 Å². The third kappa shape index (κ3) is 4.59. The number of rotatable bonds is 5. The molecule has 2 aromatic rings. The fourth-order valence-electron chi connectivity index (χ4n) is 4.99. The maximum absolute atomic E-state index is 12.7. The van der Waals surface area contributed by atoms with E-state index >= 15 is 0 Å². The highest BCUT2D eigenvalue weighted by Gasteiger charge is 2.34. The van der Waals surface area contributed by atoms with E-state index in [0.717, 1.165) is 59.2 Å². The number of methoxy groups -OCH3 is 1. The van der Waals surface area contributed by atoms with Crippen molar-refractivity contribution in [2.24, 2.45) is 10.6 Å². The summed E-state index contributed by atoms with van der Waals surface area (Å²) in [4.78, 5) is 19.9. The summed E-state index contributed by atoms with van der Waals surface area (Å²) in [6.07, 6.45) is 9.85. The Morgan fingerprint density at radius 1 is 1.14 bits per heavy atom. The van der Waals surface area contributed by atoms with Gasteiger partial charge in [-0.05, 0) is 54.5 Å². The van der Waals surface area contributed by atoms with Gasteiger partial charge in [0.2, 0.25) is 5.88 Å². The molecular weight excluding hydrogens is 452 g/mol.